The zero-order chi connectivity index (χ0) is 20.0. The molecule has 1 atom stereocenters. The zero-order valence-corrected chi connectivity index (χ0v) is 17.1. The summed E-state index contributed by atoms with van der Waals surface area (Å²) in [6, 6.07) is 19.6. The molecule has 2 aromatic rings. The average molecular weight is 382 g/mol. The quantitative estimate of drug-likeness (QED) is 0.747. The van der Waals surface area contributed by atoms with E-state index < -0.39 is 5.60 Å². The largest absolute Gasteiger partial charge is 0.455 e. The molecule has 150 valence electrons. The highest BCUT2D eigenvalue weighted by atomic mass is 16.6. The van der Waals surface area contributed by atoms with Crippen LogP contribution in [0.15, 0.2) is 60.7 Å². The molecule has 0 amide bonds. The van der Waals surface area contributed by atoms with Crippen LogP contribution in [0.1, 0.15) is 29.8 Å². The highest BCUT2D eigenvalue weighted by molar-refractivity contribution is 5.89. The van der Waals surface area contributed by atoms with Gasteiger partial charge < -0.3 is 9.64 Å². The van der Waals surface area contributed by atoms with Crippen LogP contribution >= 0.6 is 0 Å². The van der Waals surface area contributed by atoms with E-state index in [0.717, 1.165) is 26.2 Å². The van der Waals surface area contributed by atoms with Crippen molar-refractivity contribution in [2.24, 2.45) is 0 Å². The van der Waals surface area contributed by atoms with Crippen LogP contribution in [0.5, 0.6) is 0 Å². The predicted molar refractivity (Wildman–Crippen MR) is 112 cm³/mol. The Morgan fingerprint density at radius 1 is 1.07 bits per heavy atom. The first-order chi connectivity index (χ1) is 13.4. The van der Waals surface area contributed by atoms with Gasteiger partial charge in [-0.15, -0.1) is 0 Å². The van der Waals surface area contributed by atoms with Gasteiger partial charge in [-0.1, -0.05) is 48.5 Å². The van der Waals surface area contributed by atoms with Crippen molar-refractivity contribution in [3.05, 3.63) is 71.8 Å². The fourth-order valence-corrected chi connectivity index (χ4v) is 3.58. The van der Waals surface area contributed by atoms with E-state index in [1.807, 2.05) is 38.1 Å². The van der Waals surface area contributed by atoms with E-state index in [2.05, 4.69) is 46.4 Å². The molecule has 1 fully saturated rings. The summed E-state index contributed by atoms with van der Waals surface area (Å²) in [6.45, 7) is 8.36. The minimum absolute atomic E-state index is 0.216. The molecular weight excluding hydrogens is 350 g/mol. The fourth-order valence-electron chi connectivity index (χ4n) is 3.58. The summed E-state index contributed by atoms with van der Waals surface area (Å²) in [4.78, 5) is 17.2. The lowest BCUT2D eigenvalue weighted by Gasteiger charge is -2.43. The number of rotatable bonds is 7. The van der Waals surface area contributed by atoms with Gasteiger partial charge in [-0.05, 0) is 38.6 Å². The Balaban J connectivity index is 1.61. The van der Waals surface area contributed by atoms with E-state index in [-0.39, 0.29) is 12.1 Å². The molecule has 0 radical (unpaired) electrons. The monoisotopic (exact) mass is 381 g/mol. The Kier molecular flexibility index (Phi) is 6.83. The van der Waals surface area contributed by atoms with Gasteiger partial charge >= 0.3 is 5.97 Å². The normalized spacial score (nSPS) is 18.8. The minimum atomic E-state index is -0.574. The summed E-state index contributed by atoms with van der Waals surface area (Å²) >= 11 is 0. The van der Waals surface area contributed by atoms with E-state index in [9.17, 15) is 4.79 Å². The standard InChI is InChI=1S/C23H31N3O2/c1-23(2,28-22(27)20-12-8-5-9-13-20)18-26-15-14-25(3)17-21(26)24-16-19-10-6-4-7-11-19/h4-13,21,24H,14-18H2,1-3H3. The second-order valence-electron chi connectivity index (χ2n) is 8.13. The number of piperazine rings is 1. The summed E-state index contributed by atoms with van der Waals surface area (Å²) in [5, 5.41) is 3.67. The molecule has 1 N–H and O–H groups in total. The van der Waals surface area contributed by atoms with Crippen molar-refractivity contribution < 1.29 is 9.53 Å². The lowest BCUT2D eigenvalue weighted by Crippen LogP contribution is -2.60. The summed E-state index contributed by atoms with van der Waals surface area (Å²) in [5.41, 5.74) is 1.29. The Labute approximate surface area is 168 Å². The molecule has 0 spiro atoms. The number of benzene rings is 2. The third-order valence-corrected chi connectivity index (χ3v) is 5.04. The predicted octanol–water partition coefficient (Wildman–Crippen LogP) is 2.99. The number of nitrogens with one attached hydrogen (secondary N) is 1. The number of esters is 1. The van der Waals surface area contributed by atoms with E-state index >= 15 is 0 Å². The van der Waals surface area contributed by atoms with Gasteiger partial charge in [0.05, 0.1) is 11.7 Å². The molecular formula is C23H31N3O2. The number of hydrogen-bond acceptors (Lipinski definition) is 5. The van der Waals surface area contributed by atoms with Crippen molar-refractivity contribution in [2.75, 3.05) is 33.2 Å². The summed E-state index contributed by atoms with van der Waals surface area (Å²) in [5.74, 6) is -0.270. The molecule has 0 aliphatic carbocycles. The van der Waals surface area contributed by atoms with Gasteiger partial charge in [0.2, 0.25) is 0 Å². The van der Waals surface area contributed by atoms with Crippen LogP contribution in [-0.2, 0) is 11.3 Å². The Morgan fingerprint density at radius 3 is 2.39 bits per heavy atom. The Bertz CT molecular complexity index is 749. The molecule has 1 aliphatic rings. The summed E-state index contributed by atoms with van der Waals surface area (Å²) in [6.07, 6.45) is 0.216. The third-order valence-electron chi connectivity index (χ3n) is 5.04. The lowest BCUT2D eigenvalue weighted by molar-refractivity contribution is -0.0378. The molecule has 0 aromatic heterocycles. The molecule has 1 unspecified atom stereocenters. The highest BCUT2D eigenvalue weighted by Gasteiger charge is 2.32. The number of hydrogen-bond donors (Lipinski definition) is 1. The van der Waals surface area contributed by atoms with Gasteiger partial charge in [-0.25, -0.2) is 4.79 Å². The van der Waals surface area contributed by atoms with Crippen molar-refractivity contribution in [1.82, 2.24) is 15.1 Å². The minimum Gasteiger partial charge on any atom is -0.455 e. The van der Waals surface area contributed by atoms with Crippen LogP contribution in [0.4, 0.5) is 0 Å². The highest BCUT2D eigenvalue weighted by Crippen LogP contribution is 2.18. The van der Waals surface area contributed by atoms with E-state index in [4.69, 9.17) is 4.74 Å². The Morgan fingerprint density at radius 2 is 1.71 bits per heavy atom. The molecule has 5 nitrogen and oxygen atoms in total. The van der Waals surface area contributed by atoms with Crippen molar-refractivity contribution in [1.29, 1.82) is 0 Å². The van der Waals surface area contributed by atoms with Crippen LogP contribution < -0.4 is 5.32 Å². The van der Waals surface area contributed by atoms with Crippen molar-refractivity contribution in [3.63, 3.8) is 0 Å². The molecule has 1 heterocycles. The molecule has 1 aliphatic heterocycles. The molecule has 5 heteroatoms. The molecule has 3 rings (SSSR count). The second-order valence-corrected chi connectivity index (χ2v) is 8.13. The van der Waals surface area contributed by atoms with Crippen molar-refractivity contribution >= 4 is 5.97 Å². The first-order valence-electron chi connectivity index (χ1n) is 9.91. The first kappa shape index (κ1) is 20.5. The number of carbonyl (C=O) groups is 1. The number of ether oxygens (including phenoxy) is 1. The zero-order valence-electron chi connectivity index (χ0n) is 17.1. The van der Waals surface area contributed by atoms with Gasteiger partial charge in [0.15, 0.2) is 0 Å². The van der Waals surface area contributed by atoms with Gasteiger partial charge in [0, 0.05) is 32.7 Å². The fraction of sp³-hybridized carbons (Fsp3) is 0.435. The SMILES string of the molecule is CN1CCN(CC(C)(C)OC(=O)c2ccccc2)C(NCc2ccccc2)C1. The third kappa shape index (κ3) is 5.89. The van der Waals surface area contributed by atoms with Gasteiger partial charge in [0.25, 0.3) is 0 Å². The topological polar surface area (TPSA) is 44.8 Å². The van der Waals surface area contributed by atoms with E-state index in [0.29, 0.717) is 12.1 Å². The first-order valence-corrected chi connectivity index (χ1v) is 9.91. The molecule has 0 bridgehead atoms. The molecule has 2 aromatic carbocycles. The molecule has 28 heavy (non-hydrogen) atoms. The van der Waals surface area contributed by atoms with Crippen LogP contribution in [0.2, 0.25) is 0 Å². The van der Waals surface area contributed by atoms with Crippen LogP contribution in [0, 0.1) is 0 Å². The number of carbonyl (C=O) groups excluding carboxylic acids is 1. The molecule has 0 saturated carbocycles. The lowest BCUT2D eigenvalue weighted by atomic mass is 10.1. The summed E-state index contributed by atoms with van der Waals surface area (Å²) < 4.78 is 5.84. The van der Waals surface area contributed by atoms with Crippen molar-refractivity contribution in [2.45, 2.75) is 32.2 Å². The van der Waals surface area contributed by atoms with E-state index in [1.165, 1.54) is 5.56 Å². The van der Waals surface area contributed by atoms with Crippen molar-refractivity contribution in [3.8, 4) is 0 Å². The summed E-state index contributed by atoms with van der Waals surface area (Å²) in [7, 11) is 2.15. The van der Waals surface area contributed by atoms with Crippen LogP contribution in [0.3, 0.4) is 0 Å². The van der Waals surface area contributed by atoms with Gasteiger partial charge in [0.1, 0.15) is 5.60 Å². The maximum absolute atomic E-state index is 12.5. The van der Waals surface area contributed by atoms with Crippen LogP contribution in [0.25, 0.3) is 0 Å². The number of likely N-dealkylation sites (N-methyl/N-ethyl adjacent to an activating group) is 1. The Hall–Kier alpha value is -2.21. The maximum atomic E-state index is 12.5. The van der Waals surface area contributed by atoms with Gasteiger partial charge in [-0.3, -0.25) is 10.2 Å². The second kappa shape index (κ2) is 9.32. The number of nitrogens with zero attached hydrogens (tertiary/aromatic N) is 2. The van der Waals surface area contributed by atoms with E-state index in [1.54, 1.807) is 12.1 Å². The smallest absolute Gasteiger partial charge is 0.338 e. The maximum Gasteiger partial charge on any atom is 0.338 e. The van der Waals surface area contributed by atoms with Gasteiger partial charge in [-0.2, -0.15) is 0 Å². The molecule has 1 saturated heterocycles. The average Bonchev–Trinajstić information content (AvgIpc) is 2.69. The van der Waals surface area contributed by atoms with Crippen LogP contribution in [-0.4, -0.2) is 60.8 Å².